The van der Waals surface area contributed by atoms with Crippen LogP contribution in [0, 0.1) is 12.7 Å². The van der Waals surface area contributed by atoms with E-state index in [0.717, 1.165) is 22.7 Å². The molecule has 1 aromatic carbocycles. The Labute approximate surface area is 116 Å². The molecule has 0 saturated carbocycles. The van der Waals surface area contributed by atoms with Crippen LogP contribution in [0.15, 0.2) is 29.8 Å². The number of halogens is 1. The van der Waals surface area contributed by atoms with Crippen molar-refractivity contribution in [2.24, 2.45) is 0 Å². The van der Waals surface area contributed by atoms with Gasteiger partial charge in [-0.1, -0.05) is 6.07 Å². The Kier molecular flexibility index (Phi) is 5.01. The van der Waals surface area contributed by atoms with Crippen molar-refractivity contribution in [1.29, 1.82) is 0 Å². The first-order chi connectivity index (χ1) is 9.22. The Morgan fingerprint density at radius 2 is 2.32 bits per heavy atom. The first kappa shape index (κ1) is 14.1. The summed E-state index contributed by atoms with van der Waals surface area (Å²) in [6.45, 7) is 3.26. The molecule has 1 aromatic heterocycles. The van der Waals surface area contributed by atoms with Gasteiger partial charge in [0.05, 0.1) is 12.6 Å². The molecule has 0 fully saturated rings. The number of aromatic nitrogens is 1. The molecule has 0 amide bonds. The first-order valence-corrected chi connectivity index (χ1v) is 6.98. The van der Waals surface area contributed by atoms with E-state index >= 15 is 0 Å². The Morgan fingerprint density at radius 3 is 2.95 bits per heavy atom. The highest BCUT2D eigenvalue weighted by Gasteiger charge is 2.18. The fourth-order valence-corrected chi connectivity index (χ4v) is 2.70. The molecule has 19 heavy (non-hydrogen) atoms. The molecule has 0 saturated heterocycles. The van der Waals surface area contributed by atoms with Crippen LogP contribution in [-0.4, -0.2) is 25.2 Å². The minimum absolute atomic E-state index is 0.0178. The third-order valence-electron chi connectivity index (χ3n) is 2.90. The predicted octanol–water partition coefficient (Wildman–Crippen LogP) is 2.92. The van der Waals surface area contributed by atoms with Crippen LogP contribution in [-0.2, 0) is 4.74 Å². The lowest BCUT2D eigenvalue weighted by atomic mass is 10.0. The summed E-state index contributed by atoms with van der Waals surface area (Å²) in [6, 6.07) is 4.83. The van der Waals surface area contributed by atoms with Gasteiger partial charge in [-0.2, -0.15) is 0 Å². The van der Waals surface area contributed by atoms with Crippen LogP contribution in [0.5, 0.6) is 0 Å². The van der Waals surface area contributed by atoms with Gasteiger partial charge >= 0.3 is 0 Å². The number of hydrogen-bond acceptors (Lipinski definition) is 4. The van der Waals surface area contributed by atoms with Crippen LogP contribution in [0.4, 0.5) is 4.39 Å². The Morgan fingerprint density at radius 1 is 1.47 bits per heavy atom. The minimum atomic E-state index is -0.212. The highest BCUT2D eigenvalue weighted by molar-refractivity contribution is 7.09. The van der Waals surface area contributed by atoms with Crippen LogP contribution >= 0.6 is 11.3 Å². The molecule has 0 bridgehead atoms. The van der Waals surface area contributed by atoms with Gasteiger partial charge in [0, 0.05) is 25.2 Å². The van der Waals surface area contributed by atoms with Crippen molar-refractivity contribution < 1.29 is 9.13 Å². The molecular weight excluding hydrogens is 263 g/mol. The lowest BCUT2D eigenvalue weighted by Crippen LogP contribution is -2.26. The van der Waals surface area contributed by atoms with Crippen LogP contribution in [0.25, 0.3) is 0 Å². The summed E-state index contributed by atoms with van der Waals surface area (Å²) < 4.78 is 18.3. The zero-order valence-corrected chi connectivity index (χ0v) is 11.8. The smallest absolute Gasteiger partial charge is 0.123 e. The van der Waals surface area contributed by atoms with Gasteiger partial charge in [0.15, 0.2) is 0 Å². The van der Waals surface area contributed by atoms with Gasteiger partial charge in [0.2, 0.25) is 0 Å². The number of ether oxygens (including phenoxy) is 1. The van der Waals surface area contributed by atoms with E-state index in [1.54, 1.807) is 30.7 Å². The highest BCUT2D eigenvalue weighted by Crippen LogP contribution is 2.26. The largest absolute Gasteiger partial charge is 0.383 e. The Bertz CT molecular complexity index is 516. The summed E-state index contributed by atoms with van der Waals surface area (Å²) in [5.41, 5.74) is 1.97. The van der Waals surface area contributed by atoms with Gasteiger partial charge in [-0.3, -0.25) is 0 Å². The lowest BCUT2D eigenvalue weighted by molar-refractivity contribution is 0.197. The summed E-state index contributed by atoms with van der Waals surface area (Å²) in [6.07, 6.45) is 1.78. The zero-order valence-electron chi connectivity index (χ0n) is 11.0. The van der Waals surface area contributed by atoms with E-state index in [1.807, 2.05) is 18.4 Å². The number of rotatable bonds is 6. The summed E-state index contributed by atoms with van der Waals surface area (Å²) in [5.74, 6) is -0.212. The number of nitrogens with zero attached hydrogens (tertiary/aromatic N) is 1. The predicted molar refractivity (Wildman–Crippen MR) is 75.0 cm³/mol. The summed E-state index contributed by atoms with van der Waals surface area (Å²) >= 11 is 1.59. The molecule has 102 valence electrons. The van der Waals surface area contributed by atoms with Gasteiger partial charge in [-0.05, 0) is 30.2 Å². The van der Waals surface area contributed by atoms with Crippen molar-refractivity contribution in [1.82, 2.24) is 10.3 Å². The number of thiazole rings is 1. The number of benzene rings is 1. The van der Waals surface area contributed by atoms with Gasteiger partial charge < -0.3 is 10.1 Å². The number of aryl methyl sites for hydroxylation is 1. The molecule has 1 unspecified atom stereocenters. The van der Waals surface area contributed by atoms with Crippen molar-refractivity contribution in [3.05, 3.63) is 51.7 Å². The maximum atomic E-state index is 13.2. The van der Waals surface area contributed by atoms with Crippen LogP contribution in [0.3, 0.4) is 0 Å². The zero-order chi connectivity index (χ0) is 13.7. The van der Waals surface area contributed by atoms with Crippen LogP contribution < -0.4 is 5.32 Å². The maximum absolute atomic E-state index is 13.2. The lowest BCUT2D eigenvalue weighted by Gasteiger charge is -2.19. The van der Waals surface area contributed by atoms with Gasteiger partial charge in [0.1, 0.15) is 10.8 Å². The van der Waals surface area contributed by atoms with E-state index in [1.165, 1.54) is 6.07 Å². The third kappa shape index (κ3) is 3.59. The van der Waals surface area contributed by atoms with Crippen molar-refractivity contribution >= 4 is 11.3 Å². The van der Waals surface area contributed by atoms with Gasteiger partial charge in [-0.25, -0.2) is 9.37 Å². The molecule has 0 spiro atoms. The normalized spacial score (nSPS) is 12.6. The van der Waals surface area contributed by atoms with Gasteiger partial charge in [-0.15, -0.1) is 11.3 Å². The molecule has 1 atom stereocenters. The molecule has 3 nitrogen and oxygen atoms in total. The average Bonchev–Trinajstić information content (AvgIpc) is 2.89. The van der Waals surface area contributed by atoms with E-state index in [0.29, 0.717) is 6.61 Å². The Hall–Kier alpha value is -1.30. The van der Waals surface area contributed by atoms with Gasteiger partial charge in [0.25, 0.3) is 0 Å². The second-order valence-electron chi connectivity index (χ2n) is 4.25. The molecule has 2 aromatic rings. The molecule has 0 radical (unpaired) electrons. The summed E-state index contributed by atoms with van der Waals surface area (Å²) in [4.78, 5) is 4.36. The van der Waals surface area contributed by atoms with E-state index in [-0.39, 0.29) is 11.9 Å². The minimum Gasteiger partial charge on any atom is -0.383 e. The van der Waals surface area contributed by atoms with Crippen molar-refractivity contribution in [3.8, 4) is 0 Å². The molecule has 0 aliphatic heterocycles. The molecule has 0 aliphatic carbocycles. The summed E-state index contributed by atoms with van der Waals surface area (Å²) in [7, 11) is 1.67. The van der Waals surface area contributed by atoms with E-state index in [2.05, 4.69) is 10.3 Å². The topological polar surface area (TPSA) is 34.1 Å². The van der Waals surface area contributed by atoms with Crippen molar-refractivity contribution in [3.63, 3.8) is 0 Å². The molecule has 1 heterocycles. The SMILES string of the molecule is COCCNC(c1nccs1)c1ccc(F)cc1C. The first-order valence-electron chi connectivity index (χ1n) is 6.10. The second-order valence-corrected chi connectivity index (χ2v) is 5.18. The molecular formula is C14H17FN2OS. The fourth-order valence-electron chi connectivity index (χ4n) is 1.98. The molecule has 2 rings (SSSR count). The van der Waals surface area contributed by atoms with Crippen LogP contribution in [0.1, 0.15) is 22.2 Å². The number of nitrogens with one attached hydrogen (secondary N) is 1. The second kappa shape index (κ2) is 6.75. The highest BCUT2D eigenvalue weighted by atomic mass is 32.1. The fraction of sp³-hybridized carbons (Fsp3) is 0.357. The Balaban J connectivity index is 2.26. The van der Waals surface area contributed by atoms with Crippen LogP contribution in [0.2, 0.25) is 0 Å². The average molecular weight is 280 g/mol. The number of hydrogen-bond donors (Lipinski definition) is 1. The van der Waals surface area contributed by atoms with E-state index in [4.69, 9.17) is 4.74 Å². The molecule has 5 heteroatoms. The van der Waals surface area contributed by atoms with E-state index in [9.17, 15) is 4.39 Å². The quantitative estimate of drug-likeness (QED) is 0.826. The van der Waals surface area contributed by atoms with E-state index < -0.39 is 0 Å². The standard InChI is InChI=1S/C14H17FN2OS/c1-10-9-11(15)3-4-12(10)13(16-5-7-18-2)14-17-6-8-19-14/h3-4,6,8-9,13,16H,5,7H2,1-2H3. The van der Waals surface area contributed by atoms with Crippen molar-refractivity contribution in [2.45, 2.75) is 13.0 Å². The maximum Gasteiger partial charge on any atom is 0.123 e. The molecule has 0 aliphatic rings. The summed E-state index contributed by atoms with van der Waals surface area (Å²) in [5, 5.41) is 6.32. The molecule has 1 N–H and O–H groups in total. The third-order valence-corrected chi connectivity index (χ3v) is 3.74. The monoisotopic (exact) mass is 280 g/mol. The van der Waals surface area contributed by atoms with Crippen molar-refractivity contribution in [2.75, 3.05) is 20.3 Å². The number of methoxy groups -OCH3 is 1.